The first-order valence-corrected chi connectivity index (χ1v) is 3.86. The molecule has 70 valence electrons. The molecule has 0 aromatic heterocycles. The summed E-state index contributed by atoms with van der Waals surface area (Å²) >= 11 is 0. The Hall–Kier alpha value is -1.10. The fraction of sp³-hybridized carbons (Fsp3) is 0.714. The Morgan fingerprint density at radius 1 is 1.25 bits per heavy atom. The summed E-state index contributed by atoms with van der Waals surface area (Å²) in [6.45, 7) is 3.26. The van der Waals surface area contributed by atoms with Crippen LogP contribution in [-0.4, -0.2) is 31.4 Å². The molecule has 0 saturated carbocycles. The van der Waals surface area contributed by atoms with Crippen LogP contribution >= 0.6 is 0 Å². The van der Waals surface area contributed by atoms with Crippen molar-refractivity contribution < 1.29 is 9.59 Å². The van der Waals surface area contributed by atoms with Crippen LogP contribution in [-0.2, 0) is 9.59 Å². The molecule has 0 heterocycles. The molecule has 0 aliphatic carbocycles. The maximum Gasteiger partial charge on any atom is 0.218 e. The number of carbonyl (C=O) groups is 2. The van der Waals surface area contributed by atoms with Crippen molar-refractivity contribution in [2.45, 2.75) is 13.3 Å². The van der Waals surface area contributed by atoms with Gasteiger partial charge >= 0.3 is 0 Å². The van der Waals surface area contributed by atoms with Gasteiger partial charge in [0.05, 0.1) is 0 Å². The summed E-state index contributed by atoms with van der Waals surface area (Å²) in [7, 11) is 0. The van der Waals surface area contributed by atoms with Crippen molar-refractivity contribution in [1.29, 1.82) is 0 Å². The van der Waals surface area contributed by atoms with Crippen molar-refractivity contribution in [3.8, 4) is 0 Å². The predicted molar refractivity (Wildman–Crippen MR) is 45.4 cm³/mol. The van der Waals surface area contributed by atoms with E-state index in [4.69, 9.17) is 5.73 Å². The molecule has 5 heteroatoms. The number of primary amides is 1. The van der Waals surface area contributed by atoms with Crippen LogP contribution in [0.15, 0.2) is 0 Å². The van der Waals surface area contributed by atoms with E-state index in [0.29, 0.717) is 26.1 Å². The zero-order valence-electron chi connectivity index (χ0n) is 7.22. The lowest BCUT2D eigenvalue weighted by atomic mass is 10.4. The van der Waals surface area contributed by atoms with Crippen LogP contribution in [0.25, 0.3) is 0 Å². The van der Waals surface area contributed by atoms with E-state index in [0.717, 1.165) is 0 Å². The van der Waals surface area contributed by atoms with Gasteiger partial charge in [0, 0.05) is 33.0 Å². The standard InChI is InChI=1S/C7H15N3O2/c1-6(11)10-5-4-9-3-2-7(8)12/h9H,2-5H2,1H3,(H2,8,12)(H,10,11). The number of nitrogens with one attached hydrogen (secondary N) is 2. The van der Waals surface area contributed by atoms with Crippen LogP contribution in [0.5, 0.6) is 0 Å². The number of carbonyl (C=O) groups excluding carboxylic acids is 2. The molecular weight excluding hydrogens is 158 g/mol. The molecule has 2 amide bonds. The lowest BCUT2D eigenvalue weighted by Crippen LogP contribution is -2.31. The highest BCUT2D eigenvalue weighted by Crippen LogP contribution is 1.71. The largest absolute Gasteiger partial charge is 0.370 e. The topological polar surface area (TPSA) is 84.2 Å². The molecule has 0 rings (SSSR count). The van der Waals surface area contributed by atoms with Crippen LogP contribution in [0, 0.1) is 0 Å². The van der Waals surface area contributed by atoms with E-state index in [9.17, 15) is 9.59 Å². The number of nitrogens with two attached hydrogens (primary N) is 1. The quantitative estimate of drug-likeness (QED) is 0.431. The van der Waals surface area contributed by atoms with Gasteiger partial charge in [-0.2, -0.15) is 0 Å². The van der Waals surface area contributed by atoms with Crippen molar-refractivity contribution in [2.24, 2.45) is 5.73 Å². The fourth-order valence-corrected chi connectivity index (χ4v) is 0.664. The molecule has 5 nitrogen and oxygen atoms in total. The predicted octanol–water partition coefficient (Wildman–Crippen LogP) is -1.41. The van der Waals surface area contributed by atoms with Gasteiger partial charge in [0.2, 0.25) is 11.8 Å². The minimum atomic E-state index is -0.318. The highest BCUT2D eigenvalue weighted by molar-refractivity contribution is 5.73. The van der Waals surface area contributed by atoms with Crippen molar-refractivity contribution in [1.82, 2.24) is 10.6 Å². The molecule has 12 heavy (non-hydrogen) atoms. The minimum absolute atomic E-state index is 0.0494. The summed E-state index contributed by atoms with van der Waals surface area (Å²) < 4.78 is 0. The smallest absolute Gasteiger partial charge is 0.218 e. The van der Waals surface area contributed by atoms with Crippen molar-refractivity contribution in [2.75, 3.05) is 19.6 Å². The summed E-state index contributed by atoms with van der Waals surface area (Å²) in [6, 6.07) is 0. The lowest BCUT2D eigenvalue weighted by molar-refractivity contribution is -0.119. The molecule has 0 bridgehead atoms. The van der Waals surface area contributed by atoms with Crippen LogP contribution in [0.1, 0.15) is 13.3 Å². The molecule has 0 aromatic rings. The van der Waals surface area contributed by atoms with Gasteiger partial charge in [-0.25, -0.2) is 0 Å². The third kappa shape index (κ3) is 8.90. The van der Waals surface area contributed by atoms with Gasteiger partial charge in [0.15, 0.2) is 0 Å². The van der Waals surface area contributed by atoms with Gasteiger partial charge in [-0.05, 0) is 0 Å². The first-order chi connectivity index (χ1) is 5.63. The van der Waals surface area contributed by atoms with Crippen molar-refractivity contribution in [3.63, 3.8) is 0 Å². The summed E-state index contributed by atoms with van der Waals surface area (Å²) in [5.41, 5.74) is 4.91. The second kappa shape index (κ2) is 6.60. The van der Waals surface area contributed by atoms with E-state index in [1.807, 2.05) is 0 Å². The van der Waals surface area contributed by atoms with E-state index in [-0.39, 0.29) is 11.8 Å². The normalized spacial score (nSPS) is 9.42. The minimum Gasteiger partial charge on any atom is -0.370 e. The summed E-state index contributed by atoms with van der Waals surface area (Å²) in [4.78, 5) is 20.6. The average Bonchev–Trinajstić information content (AvgIpc) is 1.95. The highest BCUT2D eigenvalue weighted by Gasteiger charge is 1.93. The Morgan fingerprint density at radius 3 is 2.42 bits per heavy atom. The van der Waals surface area contributed by atoms with E-state index >= 15 is 0 Å². The zero-order chi connectivity index (χ0) is 9.40. The van der Waals surface area contributed by atoms with Crippen molar-refractivity contribution >= 4 is 11.8 Å². The van der Waals surface area contributed by atoms with E-state index in [1.165, 1.54) is 6.92 Å². The first-order valence-electron chi connectivity index (χ1n) is 3.86. The Labute approximate surface area is 71.7 Å². The Balaban J connectivity index is 3.01. The Morgan fingerprint density at radius 2 is 1.92 bits per heavy atom. The van der Waals surface area contributed by atoms with Crippen LogP contribution in [0.3, 0.4) is 0 Å². The molecule has 0 spiro atoms. The molecule has 0 fully saturated rings. The summed E-state index contributed by atoms with van der Waals surface area (Å²) in [5.74, 6) is -0.367. The highest BCUT2D eigenvalue weighted by atomic mass is 16.1. The molecule has 0 unspecified atom stereocenters. The number of amides is 2. The molecule has 0 radical (unpaired) electrons. The lowest BCUT2D eigenvalue weighted by Gasteiger charge is -2.02. The molecule has 0 aliphatic heterocycles. The van der Waals surface area contributed by atoms with Crippen LogP contribution < -0.4 is 16.4 Å². The maximum atomic E-state index is 10.4. The fourth-order valence-electron chi connectivity index (χ4n) is 0.664. The summed E-state index contributed by atoms with van der Waals surface area (Å²) in [5, 5.41) is 5.57. The monoisotopic (exact) mass is 173 g/mol. The maximum absolute atomic E-state index is 10.4. The number of hydrogen-bond donors (Lipinski definition) is 3. The molecule has 0 atom stereocenters. The second-order valence-corrected chi connectivity index (χ2v) is 2.45. The van der Waals surface area contributed by atoms with Gasteiger partial charge in [0.25, 0.3) is 0 Å². The molecule has 0 aliphatic rings. The molecule has 4 N–H and O–H groups in total. The van der Waals surface area contributed by atoms with Gasteiger partial charge in [-0.15, -0.1) is 0 Å². The van der Waals surface area contributed by atoms with E-state index in [1.54, 1.807) is 0 Å². The van der Waals surface area contributed by atoms with Crippen LogP contribution in [0.2, 0.25) is 0 Å². The molecular formula is C7H15N3O2. The second-order valence-electron chi connectivity index (χ2n) is 2.45. The van der Waals surface area contributed by atoms with Gasteiger partial charge in [-0.3, -0.25) is 9.59 Å². The molecule has 0 saturated heterocycles. The van der Waals surface area contributed by atoms with E-state index in [2.05, 4.69) is 10.6 Å². The van der Waals surface area contributed by atoms with Gasteiger partial charge < -0.3 is 16.4 Å². The average molecular weight is 173 g/mol. The van der Waals surface area contributed by atoms with Crippen molar-refractivity contribution in [3.05, 3.63) is 0 Å². The number of rotatable bonds is 6. The zero-order valence-corrected chi connectivity index (χ0v) is 7.22. The van der Waals surface area contributed by atoms with E-state index < -0.39 is 0 Å². The third-order valence-electron chi connectivity index (χ3n) is 1.22. The SMILES string of the molecule is CC(=O)NCCNCCC(N)=O. The number of hydrogen-bond acceptors (Lipinski definition) is 3. The third-order valence-corrected chi connectivity index (χ3v) is 1.22. The van der Waals surface area contributed by atoms with Crippen LogP contribution in [0.4, 0.5) is 0 Å². The molecule has 0 aromatic carbocycles. The Bertz CT molecular complexity index is 141. The van der Waals surface area contributed by atoms with Gasteiger partial charge in [0.1, 0.15) is 0 Å². The first kappa shape index (κ1) is 10.9. The summed E-state index contributed by atoms with van der Waals surface area (Å²) in [6.07, 6.45) is 0.333. The van der Waals surface area contributed by atoms with Gasteiger partial charge in [-0.1, -0.05) is 0 Å². The Kier molecular flexibility index (Phi) is 6.00.